The van der Waals surface area contributed by atoms with Crippen LogP contribution in [0.1, 0.15) is 38.2 Å². The minimum atomic E-state index is 0.245. The molecule has 1 unspecified atom stereocenters. The van der Waals surface area contributed by atoms with Crippen molar-refractivity contribution in [2.45, 2.75) is 45.1 Å². The van der Waals surface area contributed by atoms with E-state index in [-0.39, 0.29) is 6.61 Å². The normalized spacial score (nSPS) is 19.9. The maximum atomic E-state index is 9.04. The van der Waals surface area contributed by atoms with E-state index in [9.17, 15) is 0 Å². The molecule has 1 saturated heterocycles. The van der Waals surface area contributed by atoms with Crippen molar-refractivity contribution < 1.29 is 5.11 Å². The molecule has 1 aliphatic rings. The summed E-state index contributed by atoms with van der Waals surface area (Å²) in [6.07, 6.45) is 9.16. The number of anilines is 1. The second-order valence-electron chi connectivity index (χ2n) is 4.64. The van der Waals surface area contributed by atoms with E-state index in [2.05, 4.69) is 21.8 Å². The number of nitrogens with zero attached hydrogens (tertiary/aromatic N) is 3. The van der Waals surface area contributed by atoms with Crippen molar-refractivity contribution in [2.24, 2.45) is 0 Å². The highest BCUT2D eigenvalue weighted by Crippen LogP contribution is 2.24. The molecule has 0 saturated carbocycles. The van der Waals surface area contributed by atoms with Gasteiger partial charge >= 0.3 is 0 Å². The predicted molar refractivity (Wildman–Crippen MR) is 68.1 cm³/mol. The van der Waals surface area contributed by atoms with Gasteiger partial charge in [0.05, 0.1) is 0 Å². The molecule has 1 aliphatic heterocycles. The van der Waals surface area contributed by atoms with Crippen LogP contribution in [0.2, 0.25) is 0 Å². The van der Waals surface area contributed by atoms with Gasteiger partial charge in [0.1, 0.15) is 0 Å². The van der Waals surface area contributed by atoms with Crippen LogP contribution in [0, 0.1) is 0 Å². The summed E-state index contributed by atoms with van der Waals surface area (Å²) in [4.78, 5) is 11.1. The maximum Gasteiger partial charge on any atom is 0.225 e. The minimum absolute atomic E-state index is 0.245. The molecule has 1 N–H and O–H groups in total. The summed E-state index contributed by atoms with van der Waals surface area (Å²) in [5.74, 6) is 0.820. The molecule has 1 aromatic heterocycles. The molecule has 0 radical (unpaired) electrons. The number of aliphatic hydroxyl groups is 1. The molecule has 17 heavy (non-hydrogen) atoms. The zero-order chi connectivity index (χ0) is 12.1. The fraction of sp³-hybridized carbons (Fsp3) is 0.692. The number of rotatable bonds is 5. The number of aromatic nitrogens is 2. The minimum Gasteiger partial charge on any atom is -0.396 e. The summed E-state index contributed by atoms with van der Waals surface area (Å²) in [5.41, 5.74) is 1.20. The standard InChI is InChI=1S/C13H21N3O/c1-2-4-11-9-14-13(15-10-11)16-7-3-5-12(16)6-8-17/h9-10,12,17H,2-8H2,1H3. The summed E-state index contributed by atoms with van der Waals surface area (Å²) >= 11 is 0. The fourth-order valence-electron chi connectivity index (χ4n) is 2.46. The molecule has 1 atom stereocenters. The van der Waals surface area contributed by atoms with Crippen molar-refractivity contribution >= 4 is 5.95 Å². The second-order valence-corrected chi connectivity index (χ2v) is 4.64. The number of hydrogen-bond acceptors (Lipinski definition) is 4. The van der Waals surface area contributed by atoms with Gasteiger partial charge in [-0.2, -0.15) is 0 Å². The van der Waals surface area contributed by atoms with Gasteiger partial charge in [-0.1, -0.05) is 13.3 Å². The Balaban J connectivity index is 2.05. The fourth-order valence-corrected chi connectivity index (χ4v) is 2.46. The van der Waals surface area contributed by atoms with Crippen LogP contribution < -0.4 is 4.90 Å². The topological polar surface area (TPSA) is 49.2 Å². The molecule has 0 spiro atoms. The lowest BCUT2D eigenvalue weighted by atomic mass is 10.1. The van der Waals surface area contributed by atoms with Gasteiger partial charge < -0.3 is 10.0 Å². The predicted octanol–water partition coefficient (Wildman–Crippen LogP) is 1.78. The van der Waals surface area contributed by atoms with Crippen molar-refractivity contribution in [3.63, 3.8) is 0 Å². The van der Waals surface area contributed by atoms with E-state index in [1.54, 1.807) is 0 Å². The van der Waals surface area contributed by atoms with Crippen LogP contribution in [0.25, 0.3) is 0 Å². The van der Waals surface area contributed by atoms with E-state index in [4.69, 9.17) is 5.11 Å². The van der Waals surface area contributed by atoms with Crippen LogP contribution in [0.5, 0.6) is 0 Å². The molecule has 0 amide bonds. The van der Waals surface area contributed by atoms with Crippen molar-refractivity contribution in [3.05, 3.63) is 18.0 Å². The van der Waals surface area contributed by atoms with Crippen LogP contribution in [0.15, 0.2) is 12.4 Å². The van der Waals surface area contributed by atoms with E-state index < -0.39 is 0 Å². The van der Waals surface area contributed by atoms with E-state index >= 15 is 0 Å². The highest BCUT2D eigenvalue weighted by molar-refractivity contribution is 5.33. The molecule has 1 fully saturated rings. The first-order valence-corrected chi connectivity index (χ1v) is 6.53. The molecule has 4 nitrogen and oxygen atoms in total. The lowest BCUT2D eigenvalue weighted by Crippen LogP contribution is -2.31. The molecular formula is C13H21N3O. The summed E-state index contributed by atoms with van der Waals surface area (Å²) in [6, 6.07) is 0.414. The summed E-state index contributed by atoms with van der Waals surface area (Å²) in [6.45, 7) is 3.42. The van der Waals surface area contributed by atoms with Gasteiger partial charge in [-0.3, -0.25) is 0 Å². The molecule has 0 aliphatic carbocycles. The Kier molecular flexibility index (Phi) is 4.31. The lowest BCUT2D eigenvalue weighted by Gasteiger charge is -2.23. The largest absolute Gasteiger partial charge is 0.396 e. The number of hydrogen-bond donors (Lipinski definition) is 1. The zero-order valence-electron chi connectivity index (χ0n) is 10.5. The molecular weight excluding hydrogens is 214 g/mol. The molecule has 4 heteroatoms. The zero-order valence-corrected chi connectivity index (χ0v) is 10.5. The molecule has 0 bridgehead atoms. The average molecular weight is 235 g/mol. The average Bonchev–Trinajstić information content (AvgIpc) is 2.79. The van der Waals surface area contributed by atoms with E-state index in [0.717, 1.165) is 38.2 Å². The van der Waals surface area contributed by atoms with Crippen LogP contribution in [0.3, 0.4) is 0 Å². The van der Waals surface area contributed by atoms with E-state index in [1.807, 2.05) is 12.4 Å². The quantitative estimate of drug-likeness (QED) is 0.845. The van der Waals surface area contributed by atoms with Gasteiger partial charge in [0.25, 0.3) is 0 Å². The molecule has 94 valence electrons. The Labute approximate surface area is 103 Å². The highest BCUT2D eigenvalue weighted by atomic mass is 16.3. The Bertz CT molecular complexity index is 339. The number of aliphatic hydroxyl groups excluding tert-OH is 1. The third kappa shape index (κ3) is 2.94. The van der Waals surface area contributed by atoms with Gasteiger partial charge in [0.2, 0.25) is 5.95 Å². The Hall–Kier alpha value is -1.16. The van der Waals surface area contributed by atoms with Gasteiger partial charge in [-0.05, 0) is 31.2 Å². The van der Waals surface area contributed by atoms with Crippen LogP contribution in [-0.2, 0) is 6.42 Å². The van der Waals surface area contributed by atoms with Crippen molar-refractivity contribution in [3.8, 4) is 0 Å². The van der Waals surface area contributed by atoms with E-state index in [1.165, 1.54) is 12.0 Å². The number of aryl methyl sites for hydroxylation is 1. The SMILES string of the molecule is CCCc1cnc(N2CCCC2CCO)nc1. The first-order valence-electron chi connectivity index (χ1n) is 6.53. The van der Waals surface area contributed by atoms with Gasteiger partial charge in [-0.25, -0.2) is 9.97 Å². The lowest BCUT2D eigenvalue weighted by molar-refractivity contribution is 0.275. The second kappa shape index (κ2) is 5.96. The first-order chi connectivity index (χ1) is 8.35. The summed E-state index contributed by atoms with van der Waals surface area (Å²) in [5, 5.41) is 9.04. The Morgan fingerprint density at radius 2 is 2.18 bits per heavy atom. The monoisotopic (exact) mass is 235 g/mol. The molecule has 1 aromatic rings. The highest BCUT2D eigenvalue weighted by Gasteiger charge is 2.25. The summed E-state index contributed by atoms with van der Waals surface area (Å²) in [7, 11) is 0. The van der Waals surface area contributed by atoms with Crippen LogP contribution in [0.4, 0.5) is 5.95 Å². The van der Waals surface area contributed by atoms with Gasteiger partial charge in [-0.15, -0.1) is 0 Å². The third-order valence-electron chi connectivity index (χ3n) is 3.33. The molecule has 2 heterocycles. The van der Waals surface area contributed by atoms with Gasteiger partial charge in [0.15, 0.2) is 0 Å². The maximum absolute atomic E-state index is 9.04. The van der Waals surface area contributed by atoms with Gasteiger partial charge in [0, 0.05) is 31.6 Å². The van der Waals surface area contributed by atoms with Crippen LogP contribution >= 0.6 is 0 Å². The third-order valence-corrected chi connectivity index (χ3v) is 3.33. The van der Waals surface area contributed by atoms with E-state index in [0.29, 0.717) is 6.04 Å². The smallest absolute Gasteiger partial charge is 0.225 e. The molecule has 2 rings (SSSR count). The summed E-state index contributed by atoms with van der Waals surface area (Å²) < 4.78 is 0. The molecule has 0 aromatic carbocycles. The van der Waals surface area contributed by atoms with Crippen molar-refractivity contribution in [1.82, 2.24) is 9.97 Å². The van der Waals surface area contributed by atoms with Crippen molar-refractivity contribution in [1.29, 1.82) is 0 Å². The van der Waals surface area contributed by atoms with Crippen molar-refractivity contribution in [2.75, 3.05) is 18.1 Å². The Morgan fingerprint density at radius 1 is 1.41 bits per heavy atom. The van der Waals surface area contributed by atoms with Crippen LogP contribution in [-0.4, -0.2) is 34.3 Å². The Morgan fingerprint density at radius 3 is 2.82 bits per heavy atom. The first kappa shape index (κ1) is 12.3.